The maximum absolute atomic E-state index is 12.6. The molecule has 2 amide bonds. The molecule has 0 bridgehead atoms. The monoisotopic (exact) mass is 362 g/mol. The number of amides is 2. The number of ether oxygens (including phenoxy) is 2. The molecule has 1 saturated heterocycles. The summed E-state index contributed by atoms with van der Waals surface area (Å²) < 4.78 is 10.4. The van der Waals surface area contributed by atoms with Gasteiger partial charge in [-0.2, -0.15) is 0 Å². The van der Waals surface area contributed by atoms with Crippen LogP contribution in [0.4, 0.5) is 10.5 Å². The zero-order valence-electron chi connectivity index (χ0n) is 15.9. The summed E-state index contributed by atoms with van der Waals surface area (Å²) in [5, 5.41) is 2.72. The smallest absolute Gasteiger partial charge is 0.410 e. The molecule has 2 rings (SSSR count). The van der Waals surface area contributed by atoms with Crippen LogP contribution >= 0.6 is 0 Å². The fraction of sp³-hybridized carbons (Fsp3) is 0.526. The number of carbonyl (C=O) groups excluding carboxylic acids is 3. The van der Waals surface area contributed by atoms with Gasteiger partial charge in [-0.25, -0.2) is 4.79 Å². The van der Waals surface area contributed by atoms with Crippen LogP contribution in [0.3, 0.4) is 0 Å². The SMILES string of the molecule is COC(=O)[C@@H]1CCN(C(=O)OC(C)(C)C)[C@@H]1c1cccc(NC(C)=O)c1. The molecule has 0 aromatic heterocycles. The van der Waals surface area contributed by atoms with Gasteiger partial charge in [0.15, 0.2) is 0 Å². The van der Waals surface area contributed by atoms with Gasteiger partial charge in [0.1, 0.15) is 5.60 Å². The Labute approximate surface area is 153 Å². The van der Waals surface area contributed by atoms with Crippen molar-refractivity contribution in [1.82, 2.24) is 4.90 Å². The lowest BCUT2D eigenvalue weighted by Gasteiger charge is -2.30. The number of methoxy groups -OCH3 is 1. The second-order valence-corrected chi connectivity index (χ2v) is 7.34. The van der Waals surface area contributed by atoms with Gasteiger partial charge in [-0.1, -0.05) is 12.1 Å². The van der Waals surface area contributed by atoms with Crippen LogP contribution in [-0.2, 0) is 19.1 Å². The highest BCUT2D eigenvalue weighted by Crippen LogP contribution is 2.39. The number of rotatable bonds is 3. The van der Waals surface area contributed by atoms with Gasteiger partial charge in [0, 0.05) is 19.2 Å². The van der Waals surface area contributed by atoms with Crippen molar-refractivity contribution < 1.29 is 23.9 Å². The third-order valence-electron chi connectivity index (χ3n) is 4.08. The van der Waals surface area contributed by atoms with Gasteiger partial charge in [0.25, 0.3) is 0 Å². The van der Waals surface area contributed by atoms with E-state index in [-0.39, 0.29) is 11.9 Å². The van der Waals surface area contributed by atoms with Gasteiger partial charge in [-0.15, -0.1) is 0 Å². The van der Waals surface area contributed by atoms with Crippen LogP contribution in [-0.4, -0.2) is 42.1 Å². The van der Waals surface area contributed by atoms with E-state index in [1.54, 1.807) is 43.9 Å². The molecule has 0 saturated carbocycles. The quantitative estimate of drug-likeness (QED) is 0.835. The molecule has 0 unspecified atom stereocenters. The lowest BCUT2D eigenvalue weighted by atomic mass is 9.93. The number of anilines is 1. The van der Waals surface area contributed by atoms with Crippen molar-refractivity contribution in [2.75, 3.05) is 19.0 Å². The first-order valence-electron chi connectivity index (χ1n) is 8.57. The van der Waals surface area contributed by atoms with Crippen LogP contribution in [0.2, 0.25) is 0 Å². The van der Waals surface area contributed by atoms with Crippen molar-refractivity contribution in [1.29, 1.82) is 0 Å². The van der Waals surface area contributed by atoms with E-state index in [0.29, 0.717) is 18.7 Å². The summed E-state index contributed by atoms with van der Waals surface area (Å²) in [5.41, 5.74) is 0.716. The summed E-state index contributed by atoms with van der Waals surface area (Å²) in [6.45, 7) is 7.21. The Morgan fingerprint density at radius 1 is 1.23 bits per heavy atom. The van der Waals surface area contributed by atoms with Crippen molar-refractivity contribution in [2.45, 2.75) is 45.8 Å². The molecule has 2 atom stereocenters. The Bertz CT molecular complexity index is 695. The first-order chi connectivity index (χ1) is 12.1. The Morgan fingerprint density at radius 3 is 2.50 bits per heavy atom. The second-order valence-electron chi connectivity index (χ2n) is 7.34. The molecule has 1 fully saturated rings. The van der Waals surface area contributed by atoms with E-state index in [2.05, 4.69) is 5.32 Å². The molecule has 1 heterocycles. The van der Waals surface area contributed by atoms with Crippen LogP contribution in [0.15, 0.2) is 24.3 Å². The highest BCUT2D eigenvalue weighted by atomic mass is 16.6. The molecule has 0 spiro atoms. The zero-order valence-corrected chi connectivity index (χ0v) is 15.9. The maximum Gasteiger partial charge on any atom is 0.410 e. The molecule has 0 radical (unpaired) electrons. The second kappa shape index (κ2) is 7.76. The summed E-state index contributed by atoms with van der Waals surface area (Å²) in [7, 11) is 1.34. The van der Waals surface area contributed by atoms with E-state index < -0.39 is 23.7 Å². The van der Waals surface area contributed by atoms with Gasteiger partial charge in [0.2, 0.25) is 5.91 Å². The minimum absolute atomic E-state index is 0.193. The van der Waals surface area contributed by atoms with Crippen molar-refractivity contribution in [3.8, 4) is 0 Å². The molecule has 7 nitrogen and oxygen atoms in total. The molecule has 1 aliphatic rings. The third-order valence-corrected chi connectivity index (χ3v) is 4.08. The number of nitrogens with one attached hydrogen (secondary N) is 1. The Balaban J connectivity index is 2.37. The number of esters is 1. The predicted molar refractivity (Wildman–Crippen MR) is 96.5 cm³/mol. The first kappa shape index (κ1) is 19.8. The molecule has 1 aliphatic heterocycles. The predicted octanol–water partition coefficient (Wildman–Crippen LogP) is 3.12. The maximum atomic E-state index is 12.6. The highest BCUT2D eigenvalue weighted by molar-refractivity contribution is 5.88. The van der Waals surface area contributed by atoms with E-state index in [4.69, 9.17) is 9.47 Å². The Hall–Kier alpha value is -2.57. The molecule has 1 aromatic rings. The number of hydrogen-bond acceptors (Lipinski definition) is 5. The third kappa shape index (κ3) is 4.74. The summed E-state index contributed by atoms with van der Waals surface area (Å²) >= 11 is 0. The van der Waals surface area contributed by atoms with Crippen molar-refractivity contribution >= 4 is 23.7 Å². The van der Waals surface area contributed by atoms with E-state index in [1.165, 1.54) is 14.0 Å². The molecule has 142 valence electrons. The topological polar surface area (TPSA) is 84.9 Å². The Morgan fingerprint density at radius 2 is 1.92 bits per heavy atom. The summed E-state index contributed by atoms with van der Waals surface area (Å²) in [6.07, 6.45) is 0.0137. The van der Waals surface area contributed by atoms with Crippen LogP contribution in [0.25, 0.3) is 0 Å². The number of benzene rings is 1. The molecular weight excluding hydrogens is 336 g/mol. The minimum Gasteiger partial charge on any atom is -0.469 e. The van der Waals surface area contributed by atoms with Crippen molar-refractivity contribution in [3.63, 3.8) is 0 Å². The van der Waals surface area contributed by atoms with Crippen LogP contribution < -0.4 is 5.32 Å². The van der Waals surface area contributed by atoms with Gasteiger partial charge in [-0.3, -0.25) is 9.59 Å². The largest absolute Gasteiger partial charge is 0.469 e. The first-order valence-corrected chi connectivity index (χ1v) is 8.57. The Kier molecular flexibility index (Phi) is 5.90. The highest BCUT2D eigenvalue weighted by Gasteiger charge is 2.44. The van der Waals surface area contributed by atoms with E-state index in [1.807, 2.05) is 6.07 Å². The molecule has 0 aliphatic carbocycles. The van der Waals surface area contributed by atoms with Gasteiger partial charge in [0.05, 0.1) is 19.1 Å². The van der Waals surface area contributed by atoms with Gasteiger partial charge < -0.3 is 19.7 Å². The average Bonchev–Trinajstić information content (AvgIpc) is 2.97. The van der Waals surface area contributed by atoms with E-state index in [9.17, 15) is 14.4 Å². The number of hydrogen-bond donors (Lipinski definition) is 1. The molecule has 1 N–H and O–H groups in total. The van der Waals surface area contributed by atoms with Crippen LogP contribution in [0.1, 0.15) is 45.7 Å². The summed E-state index contributed by atoms with van der Waals surface area (Å²) in [4.78, 5) is 37.8. The minimum atomic E-state index is -0.636. The van der Waals surface area contributed by atoms with Crippen molar-refractivity contribution in [2.24, 2.45) is 5.92 Å². The van der Waals surface area contributed by atoms with Crippen LogP contribution in [0, 0.1) is 5.92 Å². The van der Waals surface area contributed by atoms with E-state index >= 15 is 0 Å². The lowest BCUT2D eigenvalue weighted by molar-refractivity contribution is -0.146. The van der Waals surface area contributed by atoms with E-state index in [0.717, 1.165) is 5.56 Å². The average molecular weight is 362 g/mol. The zero-order chi connectivity index (χ0) is 19.5. The number of carbonyl (C=O) groups is 3. The summed E-state index contributed by atoms with van der Waals surface area (Å²) in [6, 6.07) is 6.62. The standard InChI is InChI=1S/C19H26N2O5/c1-12(22)20-14-8-6-7-13(11-14)16-15(17(23)25-5)9-10-21(16)18(24)26-19(2,3)4/h6-8,11,15-16H,9-10H2,1-5H3,(H,20,22)/t15-,16-/m1/s1. The van der Waals surface area contributed by atoms with Gasteiger partial charge in [-0.05, 0) is 44.9 Å². The van der Waals surface area contributed by atoms with Crippen molar-refractivity contribution in [3.05, 3.63) is 29.8 Å². The fourth-order valence-electron chi connectivity index (χ4n) is 3.13. The van der Waals surface area contributed by atoms with Gasteiger partial charge >= 0.3 is 12.1 Å². The molecule has 26 heavy (non-hydrogen) atoms. The number of likely N-dealkylation sites (tertiary alicyclic amines) is 1. The molecule has 1 aromatic carbocycles. The lowest BCUT2D eigenvalue weighted by Crippen LogP contribution is -2.38. The van der Waals surface area contributed by atoms with Crippen LogP contribution in [0.5, 0.6) is 0 Å². The summed E-state index contributed by atoms with van der Waals surface area (Å²) in [5.74, 6) is -1.05. The normalized spacial score (nSPS) is 19.8. The molecular formula is C19H26N2O5. The fourth-order valence-corrected chi connectivity index (χ4v) is 3.13. The number of nitrogens with zero attached hydrogens (tertiary/aromatic N) is 1. The molecule has 7 heteroatoms.